The van der Waals surface area contributed by atoms with Gasteiger partial charge in [0, 0.05) is 30.6 Å². The lowest BCUT2D eigenvalue weighted by molar-refractivity contribution is -0.121. The summed E-state index contributed by atoms with van der Waals surface area (Å²) in [5.41, 5.74) is 7.04. The second-order valence-electron chi connectivity index (χ2n) is 7.06. The molecule has 25 heavy (non-hydrogen) atoms. The van der Waals surface area contributed by atoms with Crippen LogP contribution in [0.3, 0.4) is 0 Å². The highest BCUT2D eigenvalue weighted by Crippen LogP contribution is 2.31. The summed E-state index contributed by atoms with van der Waals surface area (Å²) in [5, 5.41) is 6.91. The molecule has 4 nitrogen and oxygen atoms in total. The van der Waals surface area contributed by atoms with Gasteiger partial charge in [-0.3, -0.25) is 4.79 Å². The Morgan fingerprint density at radius 3 is 2.32 bits per heavy atom. The third-order valence-corrected chi connectivity index (χ3v) is 4.83. The molecule has 1 aromatic carbocycles. The predicted octanol–water partition coefficient (Wildman–Crippen LogP) is 3.74. The van der Waals surface area contributed by atoms with Gasteiger partial charge in [-0.2, -0.15) is 0 Å². The van der Waals surface area contributed by atoms with Gasteiger partial charge in [-0.1, -0.05) is 43.2 Å². The largest absolute Gasteiger partial charge is 0.354 e. The van der Waals surface area contributed by atoms with Crippen LogP contribution in [0.4, 0.5) is 0 Å². The lowest BCUT2D eigenvalue weighted by atomic mass is 9.94. The molecule has 1 aliphatic carbocycles. The first-order valence-corrected chi connectivity index (χ1v) is 8.86. The SMILES string of the molecule is CC(N)CCC(=O)NCC1(NC(C)c2ccccc2)CCCC1.Cl.Cl. The van der Waals surface area contributed by atoms with Gasteiger partial charge in [0.2, 0.25) is 5.91 Å². The van der Waals surface area contributed by atoms with Crippen molar-refractivity contribution in [1.82, 2.24) is 10.6 Å². The number of hydrogen-bond donors (Lipinski definition) is 3. The van der Waals surface area contributed by atoms with Crippen LogP contribution in [0.5, 0.6) is 0 Å². The molecule has 2 rings (SSSR count). The van der Waals surface area contributed by atoms with Crippen LogP contribution in [0.15, 0.2) is 30.3 Å². The average molecular weight is 390 g/mol. The molecule has 2 unspecified atom stereocenters. The van der Waals surface area contributed by atoms with Gasteiger partial charge in [0.25, 0.3) is 0 Å². The van der Waals surface area contributed by atoms with Crippen molar-refractivity contribution in [3.8, 4) is 0 Å². The summed E-state index contributed by atoms with van der Waals surface area (Å²) in [5.74, 6) is 0.114. The maximum Gasteiger partial charge on any atom is 0.220 e. The number of nitrogens with one attached hydrogen (secondary N) is 2. The fourth-order valence-electron chi connectivity index (χ4n) is 3.42. The Morgan fingerprint density at radius 2 is 1.76 bits per heavy atom. The monoisotopic (exact) mass is 389 g/mol. The molecule has 1 saturated carbocycles. The molecule has 0 aliphatic heterocycles. The van der Waals surface area contributed by atoms with Gasteiger partial charge in [0.1, 0.15) is 0 Å². The van der Waals surface area contributed by atoms with E-state index in [-0.39, 0.29) is 48.3 Å². The number of carbonyl (C=O) groups is 1. The Labute approximate surface area is 164 Å². The molecule has 4 N–H and O–H groups in total. The third-order valence-electron chi connectivity index (χ3n) is 4.83. The maximum absolute atomic E-state index is 12.0. The van der Waals surface area contributed by atoms with E-state index in [1.165, 1.54) is 18.4 Å². The standard InChI is InChI=1S/C19H31N3O.2ClH/c1-15(20)10-11-18(23)21-14-19(12-6-7-13-19)22-16(2)17-8-4-3-5-9-17;;/h3-5,8-9,15-16,22H,6-7,10-14,20H2,1-2H3,(H,21,23);2*1H. The van der Waals surface area contributed by atoms with E-state index >= 15 is 0 Å². The fourth-order valence-corrected chi connectivity index (χ4v) is 3.42. The number of hydrogen-bond acceptors (Lipinski definition) is 3. The Balaban J connectivity index is 0.00000288. The van der Waals surface area contributed by atoms with Crippen LogP contribution in [0, 0.1) is 0 Å². The molecule has 1 aromatic rings. The van der Waals surface area contributed by atoms with Gasteiger partial charge >= 0.3 is 0 Å². The highest BCUT2D eigenvalue weighted by Gasteiger charge is 2.35. The molecule has 0 aromatic heterocycles. The molecule has 0 saturated heterocycles. The molecular formula is C19H33Cl2N3O. The first-order valence-electron chi connectivity index (χ1n) is 8.86. The lowest BCUT2D eigenvalue weighted by Crippen LogP contribution is -2.52. The van der Waals surface area contributed by atoms with E-state index in [1.54, 1.807) is 0 Å². The number of amides is 1. The van der Waals surface area contributed by atoms with Crippen LogP contribution in [0.25, 0.3) is 0 Å². The zero-order valence-corrected chi connectivity index (χ0v) is 16.9. The van der Waals surface area contributed by atoms with Crippen molar-refractivity contribution in [2.75, 3.05) is 6.54 Å². The van der Waals surface area contributed by atoms with Crippen molar-refractivity contribution in [2.45, 2.75) is 70.0 Å². The van der Waals surface area contributed by atoms with Crippen molar-refractivity contribution < 1.29 is 4.79 Å². The van der Waals surface area contributed by atoms with Gasteiger partial charge < -0.3 is 16.4 Å². The van der Waals surface area contributed by atoms with Crippen molar-refractivity contribution in [3.63, 3.8) is 0 Å². The van der Waals surface area contributed by atoms with E-state index in [4.69, 9.17) is 5.73 Å². The van der Waals surface area contributed by atoms with Crippen LogP contribution in [-0.2, 0) is 4.79 Å². The lowest BCUT2D eigenvalue weighted by Gasteiger charge is -2.34. The second-order valence-corrected chi connectivity index (χ2v) is 7.06. The minimum atomic E-state index is 0. The fraction of sp³-hybridized carbons (Fsp3) is 0.632. The number of carbonyl (C=O) groups excluding carboxylic acids is 1. The van der Waals surface area contributed by atoms with E-state index in [0.29, 0.717) is 13.0 Å². The van der Waals surface area contributed by atoms with Crippen LogP contribution in [0.1, 0.15) is 64.0 Å². The summed E-state index contributed by atoms with van der Waals surface area (Å²) in [7, 11) is 0. The van der Waals surface area contributed by atoms with Gasteiger partial charge in [-0.25, -0.2) is 0 Å². The normalized spacial score (nSPS) is 17.7. The van der Waals surface area contributed by atoms with E-state index in [9.17, 15) is 4.79 Å². The summed E-state index contributed by atoms with van der Waals surface area (Å²) in [4.78, 5) is 12.0. The molecule has 6 heteroatoms. The molecule has 144 valence electrons. The van der Waals surface area contributed by atoms with Gasteiger partial charge in [0.05, 0.1) is 0 Å². The molecule has 0 radical (unpaired) electrons. The van der Waals surface area contributed by atoms with Crippen molar-refractivity contribution in [1.29, 1.82) is 0 Å². The summed E-state index contributed by atoms with van der Waals surface area (Å²) in [6.07, 6.45) is 5.96. The van der Waals surface area contributed by atoms with Gasteiger partial charge in [0.15, 0.2) is 0 Å². The molecule has 1 aliphatic rings. The molecule has 0 bridgehead atoms. The summed E-state index contributed by atoms with van der Waals surface area (Å²) in [6, 6.07) is 10.9. The first-order chi connectivity index (χ1) is 11.0. The minimum absolute atomic E-state index is 0. The maximum atomic E-state index is 12.0. The van der Waals surface area contributed by atoms with Crippen LogP contribution >= 0.6 is 24.8 Å². The zero-order valence-electron chi connectivity index (χ0n) is 15.3. The quantitative estimate of drug-likeness (QED) is 0.634. The first kappa shape index (κ1) is 24.2. The van der Waals surface area contributed by atoms with Gasteiger partial charge in [-0.05, 0) is 38.7 Å². The minimum Gasteiger partial charge on any atom is -0.354 e. The Kier molecular flexibility index (Phi) is 11.4. The molecule has 1 amide bonds. The highest BCUT2D eigenvalue weighted by molar-refractivity contribution is 5.85. The Bertz CT molecular complexity index is 491. The van der Waals surface area contributed by atoms with E-state index in [2.05, 4.69) is 41.8 Å². The predicted molar refractivity (Wildman–Crippen MR) is 110 cm³/mol. The number of rotatable bonds is 8. The van der Waals surface area contributed by atoms with Crippen LogP contribution in [0.2, 0.25) is 0 Å². The van der Waals surface area contributed by atoms with Gasteiger partial charge in [-0.15, -0.1) is 24.8 Å². The number of halogens is 2. The van der Waals surface area contributed by atoms with Crippen LogP contribution < -0.4 is 16.4 Å². The summed E-state index contributed by atoms with van der Waals surface area (Å²) < 4.78 is 0. The molecule has 2 atom stereocenters. The number of benzene rings is 1. The summed E-state index contributed by atoms with van der Waals surface area (Å²) in [6.45, 7) is 4.85. The Hall–Kier alpha value is -0.810. The summed E-state index contributed by atoms with van der Waals surface area (Å²) >= 11 is 0. The molecule has 1 fully saturated rings. The van der Waals surface area contributed by atoms with Crippen molar-refractivity contribution in [2.24, 2.45) is 5.73 Å². The average Bonchev–Trinajstić information content (AvgIpc) is 3.00. The topological polar surface area (TPSA) is 67.2 Å². The van der Waals surface area contributed by atoms with E-state index in [1.807, 2.05) is 13.0 Å². The van der Waals surface area contributed by atoms with E-state index < -0.39 is 0 Å². The van der Waals surface area contributed by atoms with Crippen LogP contribution in [-0.4, -0.2) is 24.0 Å². The highest BCUT2D eigenvalue weighted by atomic mass is 35.5. The van der Waals surface area contributed by atoms with Crippen molar-refractivity contribution in [3.05, 3.63) is 35.9 Å². The number of nitrogens with two attached hydrogens (primary N) is 1. The van der Waals surface area contributed by atoms with Crippen molar-refractivity contribution >= 4 is 30.7 Å². The third kappa shape index (κ3) is 7.95. The smallest absolute Gasteiger partial charge is 0.220 e. The Morgan fingerprint density at radius 1 is 1.16 bits per heavy atom. The second kappa shape index (κ2) is 11.7. The zero-order chi connectivity index (χ0) is 16.7. The molecule has 0 spiro atoms. The molecule has 0 heterocycles. The van der Waals surface area contributed by atoms with E-state index in [0.717, 1.165) is 19.3 Å². The molecular weight excluding hydrogens is 357 g/mol.